The van der Waals surface area contributed by atoms with Crippen molar-refractivity contribution in [2.24, 2.45) is 4.99 Å². The summed E-state index contributed by atoms with van der Waals surface area (Å²) in [5, 5.41) is 14.6. The van der Waals surface area contributed by atoms with Crippen LogP contribution in [0.5, 0.6) is 5.88 Å². The number of aromatic amines is 2. The third kappa shape index (κ3) is 3.13. The Balaban J connectivity index is 1.95. The van der Waals surface area contributed by atoms with Gasteiger partial charge in [-0.05, 0) is 24.3 Å². The number of hydrogen-bond acceptors (Lipinski definition) is 6. The van der Waals surface area contributed by atoms with Gasteiger partial charge in [-0.1, -0.05) is 11.6 Å². The van der Waals surface area contributed by atoms with Gasteiger partial charge in [-0.25, -0.2) is 19.2 Å². The Hall–Kier alpha value is -3.66. The Kier molecular flexibility index (Phi) is 3.89. The molecule has 11 heteroatoms. The molecule has 0 atom stereocenters. The quantitative estimate of drug-likeness (QED) is 0.399. The summed E-state index contributed by atoms with van der Waals surface area (Å²) in [4.78, 5) is 24.4. The summed E-state index contributed by atoms with van der Waals surface area (Å²) in [5.41, 5.74) is 6.02. The van der Waals surface area contributed by atoms with Crippen LogP contribution in [0.15, 0.2) is 40.2 Å². The zero-order chi connectivity index (χ0) is 19.1. The Morgan fingerprint density at radius 1 is 1.33 bits per heavy atom. The standard InChI is InChI=1S/C16H11ClFN7O2/c17-8-1-2-9(18)10(4-8)21-13-5-12(19)25-14(23-13)7(6-20-25)3-11-15(26)24-16(27)22-11/h1-6,26H,19H2,(H2,22,24,27)/b7-3+,21-13?. The first-order valence-electron chi connectivity index (χ1n) is 7.58. The van der Waals surface area contributed by atoms with Crippen LogP contribution in [0.2, 0.25) is 5.02 Å². The number of anilines is 1. The summed E-state index contributed by atoms with van der Waals surface area (Å²) in [6.45, 7) is 0. The van der Waals surface area contributed by atoms with Gasteiger partial charge in [0, 0.05) is 16.3 Å². The maximum absolute atomic E-state index is 13.9. The average Bonchev–Trinajstić information content (AvgIpc) is 3.15. The van der Waals surface area contributed by atoms with E-state index < -0.39 is 11.5 Å². The Morgan fingerprint density at radius 2 is 2.15 bits per heavy atom. The lowest BCUT2D eigenvalue weighted by Gasteiger charge is -2.00. The molecule has 5 N–H and O–H groups in total. The summed E-state index contributed by atoms with van der Waals surface area (Å²) in [7, 11) is 0. The van der Waals surface area contributed by atoms with Crippen molar-refractivity contribution in [3.8, 4) is 5.88 Å². The number of H-pyrrole nitrogens is 2. The van der Waals surface area contributed by atoms with Crippen LogP contribution in [0.25, 0.3) is 11.7 Å². The smallest absolute Gasteiger partial charge is 0.326 e. The summed E-state index contributed by atoms with van der Waals surface area (Å²) < 4.78 is 15.3. The highest BCUT2D eigenvalue weighted by molar-refractivity contribution is 6.30. The monoisotopic (exact) mass is 387 g/mol. The van der Waals surface area contributed by atoms with E-state index in [-0.39, 0.29) is 28.6 Å². The molecule has 0 spiro atoms. The number of aromatic nitrogens is 5. The number of fused-ring (bicyclic) bond motifs is 1. The second-order valence-corrected chi connectivity index (χ2v) is 6.00. The van der Waals surface area contributed by atoms with Crippen molar-refractivity contribution in [3.05, 3.63) is 68.2 Å². The minimum Gasteiger partial charge on any atom is -0.493 e. The van der Waals surface area contributed by atoms with Crippen molar-refractivity contribution >= 4 is 34.8 Å². The molecule has 0 unspecified atom stereocenters. The maximum Gasteiger partial charge on any atom is 0.326 e. The summed E-state index contributed by atoms with van der Waals surface area (Å²) in [6, 6.07) is 5.41. The van der Waals surface area contributed by atoms with E-state index in [9.17, 15) is 14.3 Å². The molecule has 0 aliphatic carbocycles. The van der Waals surface area contributed by atoms with Crippen LogP contribution in [0.3, 0.4) is 0 Å². The first-order valence-corrected chi connectivity index (χ1v) is 7.95. The fourth-order valence-electron chi connectivity index (χ4n) is 2.49. The van der Waals surface area contributed by atoms with Gasteiger partial charge in [-0.2, -0.15) is 9.61 Å². The zero-order valence-electron chi connectivity index (χ0n) is 13.4. The molecule has 0 saturated heterocycles. The third-order valence-electron chi connectivity index (χ3n) is 3.69. The number of nitrogens with two attached hydrogens (primary N) is 1. The number of aromatic hydroxyl groups is 1. The predicted octanol–water partition coefficient (Wildman–Crippen LogP) is 0.606. The van der Waals surface area contributed by atoms with Gasteiger partial charge in [0.1, 0.15) is 23.0 Å². The molecule has 27 heavy (non-hydrogen) atoms. The average molecular weight is 388 g/mol. The Bertz CT molecular complexity index is 1360. The Morgan fingerprint density at radius 3 is 2.89 bits per heavy atom. The van der Waals surface area contributed by atoms with Gasteiger partial charge in [0.05, 0.1) is 6.20 Å². The van der Waals surface area contributed by atoms with Gasteiger partial charge < -0.3 is 15.8 Å². The van der Waals surface area contributed by atoms with Gasteiger partial charge in [0.15, 0.2) is 11.1 Å². The lowest BCUT2D eigenvalue weighted by atomic mass is 10.3. The fourth-order valence-corrected chi connectivity index (χ4v) is 2.66. The number of hydrogen-bond donors (Lipinski definition) is 4. The lowest BCUT2D eigenvalue weighted by molar-refractivity contribution is 0.454. The second-order valence-electron chi connectivity index (χ2n) is 5.57. The largest absolute Gasteiger partial charge is 0.493 e. The molecule has 3 aromatic heterocycles. The van der Waals surface area contributed by atoms with E-state index >= 15 is 0 Å². The van der Waals surface area contributed by atoms with Crippen LogP contribution in [-0.4, -0.2) is 29.7 Å². The van der Waals surface area contributed by atoms with Crippen molar-refractivity contribution in [1.82, 2.24) is 24.6 Å². The molecule has 1 aromatic carbocycles. The minimum atomic E-state index is -0.560. The number of halogens is 2. The number of imidazole rings is 1. The maximum atomic E-state index is 13.9. The highest BCUT2D eigenvalue weighted by Crippen LogP contribution is 2.21. The predicted molar refractivity (Wildman–Crippen MR) is 95.9 cm³/mol. The molecular formula is C16H11ClFN7O2. The van der Waals surface area contributed by atoms with Crippen molar-refractivity contribution in [2.45, 2.75) is 0 Å². The molecule has 136 valence electrons. The second kappa shape index (κ2) is 6.25. The van der Waals surface area contributed by atoms with Crippen LogP contribution in [-0.2, 0) is 0 Å². The first kappa shape index (κ1) is 16.8. The number of rotatable bonds is 2. The van der Waals surface area contributed by atoms with Crippen LogP contribution in [0.1, 0.15) is 5.69 Å². The molecule has 0 fully saturated rings. The van der Waals surface area contributed by atoms with E-state index in [1.54, 1.807) is 0 Å². The zero-order valence-corrected chi connectivity index (χ0v) is 14.2. The van der Waals surface area contributed by atoms with Gasteiger partial charge >= 0.3 is 5.69 Å². The molecule has 0 radical (unpaired) electrons. The van der Waals surface area contributed by atoms with E-state index in [0.29, 0.717) is 15.9 Å². The van der Waals surface area contributed by atoms with Gasteiger partial charge in [-0.15, -0.1) is 0 Å². The summed E-state index contributed by atoms with van der Waals surface area (Å²) in [6.07, 6.45) is 2.92. The third-order valence-corrected chi connectivity index (χ3v) is 3.93. The summed E-state index contributed by atoms with van der Waals surface area (Å²) in [5.74, 6) is -0.670. The van der Waals surface area contributed by atoms with Crippen LogP contribution in [0.4, 0.5) is 15.9 Å². The van der Waals surface area contributed by atoms with Gasteiger partial charge in [0.25, 0.3) is 0 Å². The van der Waals surface area contributed by atoms with Crippen molar-refractivity contribution in [2.75, 3.05) is 5.73 Å². The van der Waals surface area contributed by atoms with E-state index in [1.165, 1.54) is 41.1 Å². The lowest BCUT2D eigenvalue weighted by Crippen LogP contribution is -2.16. The van der Waals surface area contributed by atoms with Crippen LogP contribution in [0, 0.1) is 5.82 Å². The Labute approximate surface area is 154 Å². The first-order chi connectivity index (χ1) is 12.9. The topological polar surface area (TPSA) is 137 Å². The fraction of sp³-hybridized carbons (Fsp3) is 0. The van der Waals surface area contributed by atoms with Crippen molar-refractivity contribution in [3.63, 3.8) is 0 Å². The number of nitrogens with zero attached hydrogens (tertiary/aromatic N) is 4. The molecular weight excluding hydrogens is 377 g/mol. The van der Waals surface area contributed by atoms with Gasteiger partial charge in [-0.3, -0.25) is 4.98 Å². The molecule has 0 saturated carbocycles. The van der Waals surface area contributed by atoms with Crippen molar-refractivity contribution in [1.29, 1.82) is 0 Å². The molecule has 0 amide bonds. The van der Waals surface area contributed by atoms with Crippen LogP contribution < -0.4 is 22.1 Å². The van der Waals surface area contributed by atoms with Crippen LogP contribution >= 0.6 is 11.6 Å². The number of benzene rings is 1. The molecule has 0 bridgehead atoms. The molecule has 9 nitrogen and oxygen atoms in total. The van der Waals surface area contributed by atoms with E-state index in [2.05, 4.69) is 25.0 Å². The molecule has 4 aromatic rings. The highest BCUT2D eigenvalue weighted by atomic mass is 35.5. The van der Waals surface area contributed by atoms with E-state index in [4.69, 9.17) is 17.3 Å². The van der Waals surface area contributed by atoms with E-state index in [1.807, 2.05) is 0 Å². The molecule has 3 heterocycles. The summed E-state index contributed by atoms with van der Waals surface area (Å²) >= 11 is 5.88. The number of nitrogen functional groups attached to an aromatic ring is 1. The minimum absolute atomic E-state index is 0.0106. The molecule has 0 aliphatic heterocycles. The van der Waals surface area contributed by atoms with E-state index in [0.717, 1.165) is 0 Å². The van der Waals surface area contributed by atoms with Gasteiger partial charge in [0.2, 0.25) is 5.88 Å². The molecule has 0 aliphatic rings. The molecule has 4 rings (SSSR count). The highest BCUT2D eigenvalue weighted by Gasteiger charge is 2.08. The SMILES string of the molecule is Nc1cc(=Nc2cc(Cl)ccc2F)nc2/c(=C/c3[nH]c(=O)[nH]c3O)cnn12. The number of nitrogens with one attached hydrogen (secondary N) is 2. The normalized spacial score (nSPS) is 13.0. The van der Waals surface area contributed by atoms with Crippen molar-refractivity contribution < 1.29 is 9.50 Å².